The Bertz CT molecular complexity index is 132. The van der Waals surface area contributed by atoms with Crippen molar-refractivity contribution in [3.8, 4) is 0 Å². The van der Waals surface area contributed by atoms with E-state index in [-0.39, 0.29) is 0 Å². The van der Waals surface area contributed by atoms with Crippen LogP contribution in [0.2, 0.25) is 0 Å². The first kappa shape index (κ1) is 10.4. The second-order valence-electron chi connectivity index (χ2n) is 4.80. The van der Waals surface area contributed by atoms with Crippen molar-refractivity contribution in [2.24, 2.45) is 11.3 Å². The highest BCUT2D eigenvalue weighted by Crippen LogP contribution is 2.42. The van der Waals surface area contributed by atoms with E-state index in [2.05, 4.69) is 39.5 Å². The summed E-state index contributed by atoms with van der Waals surface area (Å²) in [6.45, 7) is 9.48. The van der Waals surface area contributed by atoms with E-state index < -0.39 is 0 Å². The van der Waals surface area contributed by atoms with Gasteiger partial charge in [0.1, 0.15) is 0 Å². The minimum atomic E-state index is 0.649. The van der Waals surface area contributed by atoms with Gasteiger partial charge in [-0.25, -0.2) is 0 Å². The van der Waals surface area contributed by atoms with Crippen LogP contribution in [-0.4, -0.2) is 11.0 Å². The van der Waals surface area contributed by atoms with Gasteiger partial charge < -0.3 is 0 Å². The largest absolute Gasteiger partial charge is 0.158 e. The zero-order valence-corrected chi connectivity index (χ0v) is 9.71. The number of hydrogen-bond donors (Lipinski definition) is 0. The highest BCUT2D eigenvalue weighted by atomic mass is 32.2. The van der Waals surface area contributed by atoms with Gasteiger partial charge in [-0.1, -0.05) is 27.7 Å². The minimum absolute atomic E-state index is 0.649. The molecule has 1 saturated heterocycles. The quantitative estimate of drug-likeness (QED) is 0.629. The third-order valence-corrected chi connectivity index (χ3v) is 5.35. The standard InChI is InChI=1S/C11H22S/c1-5-11(4)7-6-10(9(2)3)12-8-11/h9-10H,5-8H2,1-4H3/t10-,11?/m0/s1. The van der Waals surface area contributed by atoms with Crippen LogP contribution in [0.3, 0.4) is 0 Å². The third-order valence-electron chi connectivity index (χ3n) is 3.28. The summed E-state index contributed by atoms with van der Waals surface area (Å²) in [5, 5.41) is 0.935. The Morgan fingerprint density at radius 2 is 2.17 bits per heavy atom. The van der Waals surface area contributed by atoms with Gasteiger partial charge in [-0.05, 0) is 36.3 Å². The lowest BCUT2D eigenvalue weighted by atomic mass is 9.83. The zero-order chi connectivity index (χ0) is 9.19. The molecule has 72 valence electrons. The Morgan fingerprint density at radius 1 is 1.50 bits per heavy atom. The molecule has 0 nitrogen and oxygen atoms in total. The van der Waals surface area contributed by atoms with Crippen LogP contribution in [0.15, 0.2) is 0 Å². The summed E-state index contributed by atoms with van der Waals surface area (Å²) in [4.78, 5) is 0. The van der Waals surface area contributed by atoms with Crippen LogP contribution < -0.4 is 0 Å². The number of hydrogen-bond acceptors (Lipinski definition) is 1. The molecule has 2 atom stereocenters. The molecule has 1 unspecified atom stereocenters. The molecule has 1 heteroatoms. The Kier molecular flexibility index (Phi) is 3.51. The van der Waals surface area contributed by atoms with Crippen LogP contribution >= 0.6 is 11.8 Å². The average Bonchev–Trinajstić information content (AvgIpc) is 2.05. The van der Waals surface area contributed by atoms with Gasteiger partial charge in [0.15, 0.2) is 0 Å². The van der Waals surface area contributed by atoms with E-state index in [1.165, 1.54) is 25.0 Å². The predicted octanol–water partition coefficient (Wildman–Crippen LogP) is 3.95. The van der Waals surface area contributed by atoms with E-state index in [0.717, 1.165) is 11.2 Å². The molecule has 0 spiro atoms. The summed E-state index contributed by atoms with van der Waals surface area (Å²) in [7, 11) is 0. The van der Waals surface area contributed by atoms with E-state index in [1.807, 2.05) is 0 Å². The van der Waals surface area contributed by atoms with Gasteiger partial charge in [0.05, 0.1) is 0 Å². The molecule has 0 radical (unpaired) electrons. The summed E-state index contributed by atoms with van der Waals surface area (Å²) in [5.41, 5.74) is 0.649. The molecule has 0 aromatic carbocycles. The van der Waals surface area contributed by atoms with Crippen LogP contribution in [0, 0.1) is 11.3 Å². The van der Waals surface area contributed by atoms with Gasteiger partial charge in [-0.2, -0.15) is 11.8 Å². The lowest BCUT2D eigenvalue weighted by Gasteiger charge is -2.37. The molecular formula is C11H22S. The van der Waals surface area contributed by atoms with Crippen LogP contribution in [0.1, 0.15) is 47.0 Å². The summed E-state index contributed by atoms with van der Waals surface area (Å²) in [6, 6.07) is 0. The molecule has 1 fully saturated rings. The lowest BCUT2D eigenvalue weighted by Crippen LogP contribution is -2.29. The highest BCUT2D eigenvalue weighted by molar-refractivity contribution is 8.00. The van der Waals surface area contributed by atoms with Crippen molar-refractivity contribution in [1.82, 2.24) is 0 Å². The Labute approximate surface area is 81.5 Å². The molecule has 0 N–H and O–H groups in total. The summed E-state index contributed by atoms with van der Waals surface area (Å²) >= 11 is 2.20. The Morgan fingerprint density at radius 3 is 2.50 bits per heavy atom. The van der Waals surface area contributed by atoms with Gasteiger partial charge in [-0.15, -0.1) is 0 Å². The fourth-order valence-electron chi connectivity index (χ4n) is 1.76. The maximum absolute atomic E-state index is 2.44. The van der Waals surface area contributed by atoms with E-state index in [4.69, 9.17) is 0 Å². The van der Waals surface area contributed by atoms with Crippen molar-refractivity contribution in [2.45, 2.75) is 52.2 Å². The average molecular weight is 186 g/mol. The first-order valence-electron chi connectivity index (χ1n) is 5.19. The van der Waals surface area contributed by atoms with E-state index in [9.17, 15) is 0 Å². The molecule has 1 heterocycles. The van der Waals surface area contributed by atoms with Crippen molar-refractivity contribution in [2.75, 3.05) is 5.75 Å². The number of rotatable bonds is 2. The van der Waals surface area contributed by atoms with Gasteiger partial charge in [0, 0.05) is 5.25 Å². The Balaban J connectivity index is 2.39. The molecule has 1 aliphatic rings. The van der Waals surface area contributed by atoms with Crippen molar-refractivity contribution in [1.29, 1.82) is 0 Å². The van der Waals surface area contributed by atoms with Crippen molar-refractivity contribution < 1.29 is 0 Å². The molecule has 12 heavy (non-hydrogen) atoms. The fraction of sp³-hybridized carbons (Fsp3) is 1.00. The van der Waals surface area contributed by atoms with E-state index >= 15 is 0 Å². The smallest absolute Gasteiger partial charge is 0.00704 e. The van der Waals surface area contributed by atoms with Gasteiger partial charge in [-0.3, -0.25) is 0 Å². The van der Waals surface area contributed by atoms with Gasteiger partial charge >= 0.3 is 0 Å². The second kappa shape index (κ2) is 4.04. The van der Waals surface area contributed by atoms with Crippen LogP contribution in [0.25, 0.3) is 0 Å². The maximum Gasteiger partial charge on any atom is 0.00704 e. The van der Waals surface area contributed by atoms with Gasteiger partial charge in [0.25, 0.3) is 0 Å². The maximum atomic E-state index is 2.44. The molecular weight excluding hydrogens is 164 g/mol. The Hall–Kier alpha value is 0.350. The molecule has 0 bridgehead atoms. The monoisotopic (exact) mass is 186 g/mol. The predicted molar refractivity (Wildman–Crippen MR) is 58.7 cm³/mol. The summed E-state index contributed by atoms with van der Waals surface area (Å²) in [6.07, 6.45) is 4.23. The normalized spacial score (nSPS) is 37.2. The highest BCUT2D eigenvalue weighted by Gasteiger charge is 2.30. The van der Waals surface area contributed by atoms with E-state index in [0.29, 0.717) is 5.41 Å². The molecule has 1 aliphatic heterocycles. The van der Waals surface area contributed by atoms with Gasteiger partial charge in [0.2, 0.25) is 0 Å². The SMILES string of the molecule is CCC1(C)CC[C@@H](C(C)C)SC1. The minimum Gasteiger partial charge on any atom is -0.158 e. The molecule has 0 aromatic rings. The van der Waals surface area contributed by atoms with E-state index in [1.54, 1.807) is 0 Å². The second-order valence-corrected chi connectivity index (χ2v) is 6.02. The first-order valence-corrected chi connectivity index (χ1v) is 6.24. The zero-order valence-electron chi connectivity index (χ0n) is 8.89. The van der Waals surface area contributed by atoms with Crippen molar-refractivity contribution >= 4 is 11.8 Å². The molecule has 1 rings (SSSR count). The van der Waals surface area contributed by atoms with Crippen molar-refractivity contribution in [3.63, 3.8) is 0 Å². The number of thioether (sulfide) groups is 1. The van der Waals surface area contributed by atoms with Crippen LogP contribution in [0.4, 0.5) is 0 Å². The summed E-state index contributed by atoms with van der Waals surface area (Å²) < 4.78 is 0. The fourth-order valence-corrected chi connectivity index (χ4v) is 3.39. The molecule has 0 aromatic heterocycles. The first-order chi connectivity index (χ1) is 5.57. The topological polar surface area (TPSA) is 0 Å². The lowest BCUT2D eigenvalue weighted by molar-refractivity contribution is 0.298. The molecule has 0 saturated carbocycles. The van der Waals surface area contributed by atoms with Crippen molar-refractivity contribution in [3.05, 3.63) is 0 Å². The molecule has 0 amide bonds. The van der Waals surface area contributed by atoms with Crippen LogP contribution in [0.5, 0.6) is 0 Å². The summed E-state index contributed by atoms with van der Waals surface area (Å²) in [5.74, 6) is 2.25. The third kappa shape index (κ3) is 2.42. The molecule has 0 aliphatic carbocycles. The van der Waals surface area contributed by atoms with Crippen LogP contribution in [-0.2, 0) is 0 Å².